The first kappa shape index (κ1) is 33.5. The first-order valence-electron chi connectivity index (χ1n) is 15.7. The largest absolute Gasteiger partial charge is 0.391 e. The molecule has 2 aromatic rings. The maximum atomic E-state index is 13.7. The summed E-state index contributed by atoms with van der Waals surface area (Å²) in [5, 5.41) is 17.6. The fourth-order valence-corrected chi connectivity index (χ4v) is 6.91. The number of carbonyl (C=O) groups excluding carboxylic acids is 2. The lowest BCUT2D eigenvalue weighted by molar-refractivity contribution is -0.509. The summed E-state index contributed by atoms with van der Waals surface area (Å²) in [4.78, 5) is 34.2. The molecule has 4 rings (SSSR count). The van der Waals surface area contributed by atoms with Gasteiger partial charge in [-0.2, -0.15) is 4.58 Å². The zero-order valence-electron chi connectivity index (χ0n) is 27.3. The smallest absolute Gasteiger partial charge is 0.257 e. The molecule has 44 heavy (non-hydrogen) atoms. The normalized spacial score (nSPS) is 19.0. The van der Waals surface area contributed by atoms with Gasteiger partial charge in [0.15, 0.2) is 17.5 Å². The minimum absolute atomic E-state index is 0.0343. The van der Waals surface area contributed by atoms with Gasteiger partial charge >= 0.3 is 0 Å². The average Bonchev–Trinajstić information content (AvgIpc) is 3.57. The van der Waals surface area contributed by atoms with Crippen LogP contribution in [-0.4, -0.2) is 61.8 Å². The van der Waals surface area contributed by atoms with Crippen LogP contribution in [-0.2, 0) is 16.2 Å². The lowest BCUT2D eigenvalue weighted by Crippen LogP contribution is -2.39. The van der Waals surface area contributed by atoms with Crippen molar-refractivity contribution >= 4 is 45.8 Å². The molecule has 0 saturated carbocycles. The highest BCUT2D eigenvalue weighted by Crippen LogP contribution is 2.29. The minimum atomic E-state index is -0.197. The Labute approximate surface area is 266 Å². The minimum Gasteiger partial charge on any atom is -0.391 e. The third-order valence-electron chi connectivity index (χ3n) is 8.83. The zero-order chi connectivity index (χ0) is 32.0. The van der Waals surface area contributed by atoms with Gasteiger partial charge in [-0.3, -0.25) is 19.5 Å². The number of nitrogens with one attached hydrogen (secondary N) is 2. The van der Waals surface area contributed by atoms with E-state index < -0.39 is 0 Å². The van der Waals surface area contributed by atoms with Crippen molar-refractivity contribution in [2.45, 2.75) is 98.8 Å². The third-order valence-corrected chi connectivity index (χ3v) is 9.76. The van der Waals surface area contributed by atoms with Crippen molar-refractivity contribution in [2.75, 3.05) is 23.7 Å². The van der Waals surface area contributed by atoms with Crippen LogP contribution in [0, 0.1) is 6.92 Å². The first-order valence-corrected chi connectivity index (χ1v) is 16.6. The molecule has 1 unspecified atom stereocenters. The predicted octanol–water partition coefficient (Wildman–Crippen LogP) is 6.67. The molecule has 0 spiro atoms. The molecule has 2 amide bonds. The summed E-state index contributed by atoms with van der Waals surface area (Å²) >= 11 is 1.55. The molecule has 8 nitrogen and oxygen atoms in total. The summed E-state index contributed by atoms with van der Waals surface area (Å²) < 4.78 is 2.27. The fraction of sp³-hybridized carbons (Fsp3) is 0.486. The Bertz CT molecular complexity index is 1510. The van der Waals surface area contributed by atoms with Crippen molar-refractivity contribution in [1.82, 2.24) is 9.88 Å². The van der Waals surface area contributed by atoms with Crippen LogP contribution in [0.15, 0.2) is 53.2 Å². The number of thiophene rings is 1. The number of aliphatic hydroxyl groups is 1. The number of nitrogens with zero attached hydrogens (tertiary/aromatic N) is 3. The number of pyridine rings is 1. The predicted molar refractivity (Wildman–Crippen MR) is 181 cm³/mol. The number of aryl methyl sites for hydroxylation is 1. The van der Waals surface area contributed by atoms with E-state index in [0.717, 1.165) is 59.8 Å². The van der Waals surface area contributed by atoms with Gasteiger partial charge in [0.1, 0.15) is 0 Å². The molecule has 3 N–H and O–H groups in total. The molecular formula is C35H48N5O3S+. The molecular weight excluding hydrogens is 570 g/mol. The number of aromatic nitrogens is 1. The number of likely N-dealkylation sites (tertiary alicyclic amines) is 1. The van der Waals surface area contributed by atoms with Gasteiger partial charge in [0, 0.05) is 49.2 Å². The molecule has 0 radical (unpaired) electrons. The van der Waals surface area contributed by atoms with Crippen molar-refractivity contribution in [3.8, 4) is 0 Å². The van der Waals surface area contributed by atoms with Crippen molar-refractivity contribution in [1.29, 1.82) is 0 Å². The van der Waals surface area contributed by atoms with Crippen molar-refractivity contribution in [3.63, 3.8) is 0 Å². The average molecular weight is 619 g/mol. The van der Waals surface area contributed by atoms with Gasteiger partial charge in [-0.05, 0) is 81.8 Å². The summed E-state index contributed by atoms with van der Waals surface area (Å²) in [5.41, 5.74) is 6.76. The maximum Gasteiger partial charge on any atom is 0.257 e. The van der Waals surface area contributed by atoms with Crippen molar-refractivity contribution < 1.29 is 19.3 Å². The molecule has 0 aliphatic carbocycles. The van der Waals surface area contributed by atoms with Crippen LogP contribution in [0.2, 0.25) is 0 Å². The van der Waals surface area contributed by atoms with Gasteiger partial charge in [0.25, 0.3) is 5.91 Å². The van der Waals surface area contributed by atoms with Crippen LogP contribution in [0.1, 0.15) is 89.8 Å². The Morgan fingerprint density at radius 2 is 1.98 bits per heavy atom. The molecule has 236 valence electrons. The van der Waals surface area contributed by atoms with Crippen molar-refractivity contribution in [3.05, 3.63) is 69.3 Å². The van der Waals surface area contributed by atoms with E-state index in [1.54, 1.807) is 23.6 Å². The standard InChI is InChI=1S/C35H47N5O3S/c1-8-29-12-11-26(27-18-30(21-41)44-22-27)17-23(3)40(29)32(9-2)24(4)34(43)38-31-19-28(20-36-25(31)5)37-33(42)13-16-39-15-10-14-35(39,6)7/h11-12,17-20,22,29,41H,8-10,13-16,21H2,1-7H3,(H-,37,38,42,43)/p+1/b32-24+. The second kappa shape index (κ2) is 14.6. The number of carbonyl (C=O) groups is 2. The van der Waals surface area contributed by atoms with Gasteiger partial charge < -0.3 is 15.7 Å². The molecule has 1 saturated heterocycles. The molecule has 2 aromatic heterocycles. The SMILES string of the molecule is CC/C(=C(/C)C(=O)Nc1cc(NC(=O)CCN2CCCC2(C)C)cnc1C)[N+]1=C(C)C=C(c2csc(CO)c2)C=CC1CC. The third kappa shape index (κ3) is 7.81. The lowest BCUT2D eigenvalue weighted by atomic mass is 10.0. The van der Waals surface area contributed by atoms with E-state index in [9.17, 15) is 14.7 Å². The Kier molecular flexibility index (Phi) is 11.1. The second-order valence-electron chi connectivity index (χ2n) is 12.3. The number of hydrogen-bond acceptors (Lipinski definition) is 6. The van der Waals surface area contributed by atoms with Crippen LogP contribution in [0.25, 0.3) is 5.57 Å². The number of anilines is 2. The van der Waals surface area contributed by atoms with E-state index >= 15 is 0 Å². The number of rotatable bonds is 11. The maximum absolute atomic E-state index is 13.7. The molecule has 2 aliphatic rings. The number of allylic oxidation sites excluding steroid dienone is 4. The summed E-state index contributed by atoms with van der Waals surface area (Å²) in [5.74, 6) is -0.259. The van der Waals surface area contributed by atoms with Gasteiger partial charge in [0.05, 0.1) is 35.4 Å². The monoisotopic (exact) mass is 618 g/mol. The van der Waals surface area contributed by atoms with Crippen LogP contribution in [0.4, 0.5) is 11.4 Å². The summed E-state index contributed by atoms with van der Waals surface area (Å²) in [6.45, 7) is 16.3. The molecule has 1 atom stereocenters. The van der Waals surface area contributed by atoms with Gasteiger partial charge in [-0.15, -0.1) is 11.3 Å². The number of hydrogen-bond donors (Lipinski definition) is 3. The summed E-state index contributed by atoms with van der Waals surface area (Å²) in [6, 6.07) is 3.90. The molecule has 4 heterocycles. The highest BCUT2D eigenvalue weighted by Gasteiger charge is 2.32. The second-order valence-corrected chi connectivity index (χ2v) is 13.3. The lowest BCUT2D eigenvalue weighted by Gasteiger charge is -2.31. The first-order chi connectivity index (χ1) is 21.0. The number of amides is 2. The topological polar surface area (TPSA) is 97.6 Å². The van der Waals surface area contributed by atoms with Crippen LogP contribution < -0.4 is 10.6 Å². The van der Waals surface area contributed by atoms with Gasteiger partial charge in [-0.25, -0.2) is 0 Å². The fourth-order valence-electron chi connectivity index (χ4n) is 6.16. The van der Waals surface area contributed by atoms with Crippen LogP contribution >= 0.6 is 11.3 Å². The van der Waals surface area contributed by atoms with Crippen LogP contribution in [0.5, 0.6) is 0 Å². The molecule has 1 fully saturated rings. The highest BCUT2D eigenvalue weighted by atomic mass is 32.1. The quantitative estimate of drug-likeness (QED) is 0.193. The van der Waals surface area contributed by atoms with E-state index in [0.29, 0.717) is 35.5 Å². The molecule has 0 bridgehead atoms. The molecule has 0 aromatic carbocycles. The number of aliphatic hydroxyl groups excluding tert-OH is 1. The van der Waals surface area contributed by atoms with E-state index in [4.69, 9.17) is 0 Å². The molecule has 9 heteroatoms. The zero-order valence-corrected chi connectivity index (χ0v) is 28.1. The Morgan fingerprint density at radius 3 is 2.61 bits per heavy atom. The Balaban J connectivity index is 1.53. The van der Waals surface area contributed by atoms with Gasteiger partial charge in [-0.1, -0.05) is 19.9 Å². The van der Waals surface area contributed by atoms with E-state index in [1.807, 2.05) is 19.9 Å². The van der Waals surface area contributed by atoms with Crippen LogP contribution in [0.3, 0.4) is 0 Å². The van der Waals surface area contributed by atoms with E-state index in [2.05, 4.69) is 83.3 Å². The van der Waals surface area contributed by atoms with E-state index in [1.165, 1.54) is 0 Å². The Hall–Kier alpha value is -3.40. The van der Waals surface area contributed by atoms with Gasteiger partial charge in [0.2, 0.25) is 5.91 Å². The summed E-state index contributed by atoms with van der Waals surface area (Å²) in [6.07, 6.45) is 12.4. The summed E-state index contributed by atoms with van der Waals surface area (Å²) in [7, 11) is 0. The Morgan fingerprint density at radius 1 is 1.20 bits per heavy atom. The highest BCUT2D eigenvalue weighted by molar-refractivity contribution is 7.10. The van der Waals surface area contributed by atoms with E-state index in [-0.39, 0.29) is 30.0 Å². The van der Waals surface area contributed by atoms with Crippen molar-refractivity contribution in [2.24, 2.45) is 0 Å². The molecule has 2 aliphatic heterocycles.